The van der Waals surface area contributed by atoms with Gasteiger partial charge in [-0.3, -0.25) is 9.78 Å². The summed E-state index contributed by atoms with van der Waals surface area (Å²) in [6.45, 7) is 3.56. The highest BCUT2D eigenvalue weighted by atomic mass is 16.6. The Hall–Kier alpha value is -2.67. The SMILES string of the molecule is C[C@@H]1CN(C(=O)Oc2cccc3ncccc23)CCN1C(=O)C(CC1CCCCC1)NC1CCCCC1. The van der Waals surface area contributed by atoms with Gasteiger partial charge in [0.15, 0.2) is 0 Å². The molecule has 2 saturated carbocycles. The van der Waals surface area contributed by atoms with Crippen molar-refractivity contribution in [3.05, 3.63) is 36.5 Å². The monoisotopic (exact) mass is 506 g/mol. The molecule has 3 aliphatic rings. The first kappa shape index (κ1) is 26.0. The Balaban J connectivity index is 1.22. The van der Waals surface area contributed by atoms with Gasteiger partial charge in [0.05, 0.1) is 11.6 Å². The van der Waals surface area contributed by atoms with Crippen LogP contribution in [-0.4, -0.2) is 64.5 Å². The van der Waals surface area contributed by atoms with Crippen LogP contribution < -0.4 is 10.1 Å². The lowest BCUT2D eigenvalue weighted by molar-refractivity contribution is -0.138. The molecule has 0 spiro atoms. The van der Waals surface area contributed by atoms with Gasteiger partial charge in [-0.05, 0) is 56.4 Å². The molecule has 2 atom stereocenters. The fourth-order valence-electron chi connectivity index (χ4n) is 6.52. The first-order valence-corrected chi connectivity index (χ1v) is 14.5. The highest BCUT2D eigenvalue weighted by Crippen LogP contribution is 2.30. The number of ether oxygens (including phenoxy) is 1. The molecule has 0 bridgehead atoms. The number of nitrogens with one attached hydrogen (secondary N) is 1. The molecule has 1 aliphatic heterocycles. The summed E-state index contributed by atoms with van der Waals surface area (Å²) < 4.78 is 5.79. The highest BCUT2D eigenvalue weighted by Gasteiger charge is 2.36. The van der Waals surface area contributed by atoms with Crippen LogP contribution in [0.4, 0.5) is 4.79 Å². The van der Waals surface area contributed by atoms with E-state index < -0.39 is 0 Å². The van der Waals surface area contributed by atoms with E-state index in [1.807, 2.05) is 29.2 Å². The molecular formula is C30H42N4O3. The lowest BCUT2D eigenvalue weighted by atomic mass is 9.84. The van der Waals surface area contributed by atoms with Crippen molar-refractivity contribution < 1.29 is 14.3 Å². The minimum Gasteiger partial charge on any atom is -0.409 e. The summed E-state index contributed by atoms with van der Waals surface area (Å²) in [4.78, 5) is 35.0. The quantitative estimate of drug-likeness (QED) is 0.558. The molecule has 0 radical (unpaired) electrons. The van der Waals surface area contributed by atoms with Crippen LogP contribution in [0.2, 0.25) is 0 Å². The van der Waals surface area contributed by atoms with Crippen molar-refractivity contribution >= 4 is 22.9 Å². The third-order valence-electron chi connectivity index (χ3n) is 8.61. The standard InChI is InChI=1S/C30H42N4O3/c1-22-21-33(30(36)37-28-16-8-15-26-25(28)14-9-17-31-26)18-19-34(22)29(35)27(20-23-10-4-2-5-11-23)32-24-12-6-3-7-13-24/h8-9,14-17,22-24,27,32H,2-7,10-13,18-21H2,1H3/t22-,27?/m1/s1. The van der Waals surface area contributed by atoms with Crippen LogP contribution in [0.1, 0.15) is 77.6 Å². The molecule has 7 heteroatoms. The fourth-order valence-corrected chi connectivity index (χ4v) is 6.52. The topological polar surface area (TPSA) is 74.8 Å². The number of fused-ring (bicyclic) bond motifs is 1. The second-order valence-corrected chi connectivity index (χ2v) is 11.3. The van der Waals surface area contributed by atoms with Crippen molar-refractivity contribution in [2.24, 2.45) is 5.92 Å². The number of aromatic nitrogens is 1. The molecule has 1 saturated heterocycles. The van der Waals surface area contributed by atoms with E-state index in [1.165, 1.54) is 64.2 Å². The number of carbonyl (C=O) groups excluding carboxylic acids is 2. The Morgan fingerprint density at radius 2 is 1.76 bits per heavy atom. The summed E-state index contributed by atoms with van der Waals surface area (Å²) in [5, 5.41) is 4.62. The Morgan fingerprint density at radius 3 is 2.51 bits per heavy atom. The maximum Gasteiger partial charge on any atom is 0.415 e. The van der Waals surface area contributed by atoms with Crippen LogP contribution in [0.15, 0.2) is 36.5 Å². The second kappa shape index (κ2) is 12.2. The van der Waals surface area contributed by atoms with Gasteiger partial charge >= 0.3 is 6.09 Å². The molecular weight excluding hydrogens is 464 g/mol. The van der Waals surface area contributed by atoms with E-state index in [0.717, 1.165) is 17.3 Å². The number of pyridine rings is 1. The Kier molecular flexibility index (Phi) is 8.59. The Morgan fingerprint density at radius 1 is 1.00 bits per heavy atom. The Bertz CT molecular complexity index is 1040. The molecule has 5 rings (SSSR count). The van der Waals surface area contributed by atoms with Crippen LogP contribution >= 0.6 is 0 Å². The minimum atomic E-state index is -0.366. The number of piperazine rings is 1. The normalized spacial score (nSPS) is 22.7. The number of hydrogen-bond donors (Lipinski definition) is 1. The Labute approximate surface area is 220 Å². The molecule has 2 aliphatic carbocycles. The number of amides is 2. The van der Waals surface area contributed by atoms with E-state index in [1.54, 1.807) is 17.2 Å². The zero-order valence-corrected chi connectivity index (χ0v) is 22.2. The third-order valence-corrected chi connectivity index (χ3v) is 8.61. The van der Waals surface area contributed by atoms with Gasteiger partial charge in [-0.15, -0.1) is 0 Å². The van der Waals surface area contributed by atoms with Crippen LogP contribution in [0.3, 0.4) is 0 Å². The van der Waals surface area contributed by atoms with E-state index in [-0.39, 0.29) is 24.1 Å². The van der Waals surface area contributed by atoms with Gasteiger partial charge in [-0.25, -0.2) is 4.79 Å². The van der Waals surface area contributed by atoms with Gasteiger partial charge in [-0.1, -0.05) is 57.4 Å². The lowest BCUT2D eigenvalue weighted by Gasteiger charge is -2.42. The van der Waals surface area contributed by atoms with E-state index in [4.69, 9.17) is 4.74 Å². The number of nitrogens with zero attached hydrogens (tertiary/aromatic N) is 3. The highest BCUT2D eigenvalue weighted by molar-refractivity contribution is 5.87. The average Bonchev–Trinajstić information content (AvgIpc) is 2.93. The summed E-state index contributed by atoms with van der Waals surface area (Å²) in [5.74, 6) is 1.38. The fraction of sp³-hybridized carbons (Fsp3) is 0.633. The lowest BCUT2D eigenvalue weighted by Crippen LogP contribution is -2.60. The molecule has 1 unspecified atom stereocenters. The molecule has 1 aromatic carbocycles. The summed E-state index contributed by atoms with van der Waals surface area (Å²) in [6, 6.07) is 9.60. The van der Waals surface area contributed by atoms with Gasteiger partial charge in [0.25, 0.3) is 0 Å². The maximum atomic E-state index is 13.9. The smallest absolute Gasteiger partial charge is 0.409 e. The molecule has 2 amide bonds. The van der Waals surface area contributed by atoms with Crippen LogP contribution in [-0.2, 0) is 4.79 Å². The molecule has 1 aromatic heterocycles. The van der Waals surface area contributed by atoms with Gasteiger partial charge in [0, 0.05) is 43.3 Å². The third kappa shape index (κ3) is 6.43. The first-order valence-electron chi connectivity index (χ1n) is 14.5. The van der Waals surface area contributed by atoms with Crippen molar-refractivity contribution in [3.63, 3.8) is 0 Å². The average molecular weight is 507 g/mol. The van der Waals surface area contributed by atoms with E-state index in [2.05, 4.69) is 17.2 Å². The molecule has 3 fully saturated rings. The van der Waals surface area contributed by atoms with Gasteiger partial charge in [0.1, 0.15) is 5.75 Å². The number of benzene rings is 1. The van der Waals surface area contributed by atoms with Crippen LogP contribution in [0, 0.1) is 5.92 Å². The largest absolute Gasteiger partial charge is 0.415 e. The number of rotatable bonds is 6. The second-order valence-electron chi connectivity index (χ2n) is 11.3. The predicted molar refractivity (Wildman–Crippen MR) is 146 cm³/mol. The van der Waals surface area contributed by atoms with Crippen molar-refractivity contribution in [1.29, 1.82) is 0 Å². The first-order chi connectivity index (χ1) is 18.1. The zero-order valence-electron chi connectivity index (χ0n) is 22.2. The molecule has 2 aromatic rings. The molecule has 2 heterocycles. The van der Waals surface area contributed by atoms with E-state index in [9.17, 15) is 9.59 Å². The minimum absolute atomic E-state index is 0.0509. The molecule has 7 nitrogen and oxygen atoms in total. The van der Waals surface area contributed by atoms with Gasteiger partial charge in [0.2, 0.25) is 5.91 Å². The maximum absolute atomic E-state index is 13.9. The molecule has 1 N–H and O–H groups in total. The zero-order chi connectivity index (χ0) is 25.6. The number of carbonyl (C=O) groups is 2. The summed E-state index contributed by atoms with van der Waals surface area (Å²) in [6.07, 6.45) is 14.9. The van der Waals surface area contributed by atoms with Crippen LogP contribution in [0.25, 0.3) is 10.9 Å². The predicted octanol–water partition coefficient (Wildman–Crippen LogP) is 5.53. The van der Waals surface area contributed by atoms with Gasteiger partial charge < -0.3 is 19.9 Å². The van der Waals surface area contributed by atoms with Crippen LogP contribution in [0.5, 0.6) is 5.75 Å². The van der Waals surface area contributed by atoms with E-state index >= 15 is 0 Å². The number of hydrogen-bond acceptors (Lipinski definition) is 5. The summed E-state index contributed by atoms with van der Waals surface area (Å²) in [7, 11) is 0. The molecule has 37 heavy (non-hydrogen) atoms. The van der Waals surface area contributed by atoms with Crippen molar-refractivity contribution in [3.8, 4) is 5.75 Å². The van der Waals surface area contributed by atoms with Crippen molar-refractivity contribution in [2.45, 2.75) is 95.7 Å². The molecule has 200 valence electrons. The van der Waals surface area contributed by atoms with Crippen molar-refractivity contribution in [2.75, 3.05) is 19.6 Å². The van der Waals surface area contributed by atoms with E-state index in [0.29, 0.717) is 37.3 Å². The summed E-state index contributed by atoms with van der Waals surface area (Å²) >= 11 is 0. The van der Waals surface area contributed by atoms with Gasteiger partial charge in [-0.2, -0.15) is 0 Å². The summed E-state index contributed by atoms with van der Waals surface area (Å²) in [5.41, 5.74) is 0.797. The van der Waals surface area contributed by atoms with Crippen molar-refractivity contribution in [1.82, 2.24) is 20.1 Å².